The van der Waals surface area contributed by atoms with Crippen molar-refractivity contribution in [2.24, 2.45) is 5.92 Å². The largest absolute Gasteiger partial charge is 0.496 e. The number of methoxy groups -OCH3 is 1. The Bertz CT molecular complexity index is 557. The van der Waals surface area contributed by atoms with E-state index < -0.39 is 0 Å². The Kier molecular flexibility index (Phi) is 4.48. The quantitative estimate of drug-likeness (QED) is 0.842. The van der Waals surface area contributed by atoms with Gasteiger partial charge in [0.05, 0.1) is 12.5 Å². The van der Waals surface area contributed by atoms with Gasteiger partial charge in [0.2, 0.25) is 0 Å². The molecule has 0 radical (unpaired) electrons. The maximum absolute atomic E-state index is 6.26. The molecule has 0 aliphatic carbocycles. The van der Waals surface area contributed by atoms with Gasteiger partial charge in [-0.2, -0.15) is 0 Å². The highest BCUT2D eigenvalue weighted by molar-refractivity contribution is 6.21. The first kappa shape index (κ1) is 13.9. The molecule has 0 aliphatic rings. The van der Waals surface area contributed by atoms with Crippen LogP contribution in [0.4, 0.5) is 5.82 Å². The van der Waals surface area contributed by atoms with Crippen LogP contribution in [0, 0.1) is 5.92 Å². The molecule has 0 saturated heterocycles. The fraction of sp³-hybridized carbons (Fsp3) is 0.400. The van der Waals surface area contributed by atoms with E-state index in [9.17, 15) is 0 Å². The average Bonchev–Trinajstić information content (AvgIpc) is 2.43. The summed E-state index contributed by atoms with van der Waals surface area (Å²) in [6, 6.07) is 7.91. The predicted octanol–water partition coefficient (Wildman–Crippen LogP) is 3.92. The molecule has 1 aromatic carbocycles. The lowest BCUT2D eigenvalue weighted by molar-refractivity contribution is 0.420. The van der Waals surface area contributed by atoms with E-state index in [1.54, 1.807) is 13.3 Å². The fourth-order valence-corrected chi connectivity index (χ4v) is 2.00. The van der Waals surface area contributed by atoms with Crippen molar-refractivity contribution in [3.63, 3.8) is 0 Å². The summed E-state index contributed by atoms with van der Waals surface area (Å²) in [7, 11) is 1.68. The molecule has 2 rings (SSSR count). The molecule has 0 spiro atoms. The molecule has 1 atom stereocenters. The van der Waals surface area contributed by atoms with Crippen LogP contribution in [0.1, 0.15) is 13.8 Å². The molecule has 0 saturated carbocycles. The summed E-state index contributed by atoms with van der Waals surface area (Å²) in [5.74, 6) is 2.13. The van der Waals surface area contributed by atoms with E-state index in [0.29, 0.717) is 12.5 Å². The molecule has 1 unspecified atom stereocenters. The zero-order valence-electron chi connectivity index (χ0n) is 11.5. The van der Waals surface area contributed by atoms with E-state index >= 15 is 0 Å². The minimum atomic E-state index is 0.0858. The molecule has 0 aliphatic heterocycles. The van der Waals surface area contributed by atoms with Gasteiger partial charge in [-0.15, -0.1) is 11.6 Å². The molecule has 102 valence electrons. The topological polar surface area (TPSA) is 34.1 Å². The smallest absolute Gasteiger partial charge is 0.134 e. The van der Waals surface area contributed by atoms with Gasteiger partial charge in [-0.1, -0.05) is 26.0 Å². The number of benzene rings is 1. The Morgan fingerprint density at radius 3 is 2.74 bits per heavy atom. The fourth-order valence-electron chi connectivity index (χ4n) is 1.93. The molecule has 4 heteroatoms. The number of aromatic nitrogens is 1. The van der Waals surface area contributed by atoms with E-state index in [0.717, 1.165) is 22.3 Å². The van der Waals surface area contributed by atoms with Crippen LogP contribution in [0.5, 0.6) is 5.75 Å². The number of nitrogens with one attached hydrogen (secondary N) is 1. The summed E-state index contributed by atoms with van der Waals surface area (Å²) in [5, 5.41) is 5.51. The monoisotopic (exact) mass is 278 g/mol. The summed E-state index contributed by atoms with van der Waals surface area (Å²) < 4.78 is 5.36. The van der Waals surface area contributed by atoms with Crippen LogP contribution in [0.2, 0.25) is 0 Å². The van der Waals surface area contributed by atoms with Crippen molar-refractivity contribution in [2.75, 3.05) is 19.0 Å². The molecule has 0 fully saturated rings. The number of rotatable bonds is 5. The van der Waals surface area contributed by atoms with Crippen LogP contribution in [0.3, 0.4) is 0 Å². The van der Waals surface area contributed by atoms with Crippen LogP contribution < -0.4 is 10.1 Å². The maximum atomic E-state index is 6.26. The lowest BCUT2D eigenvalue weighted by Gasteiger charge is -2.16. The lowest BCUT2D eigenvalue weighted by atomic mass is 10.1. The molecule has 2 aromatic rings. The normalized spacial score (nSPS) is 12.7. The van der Waals surface area contributed by atoms with Crippen LogP contribution in [-0.2, 0) is 0 Å². The summed E-state index contributed by atoms with van der Waals surface area (Å²) in [4.78, 5) is 4.39. The van der Waals surface area contributed by atoms with E-state index in [1.807, 2.05) is 24.3 Å². The number of hydrogen-bond acceptors (Lipinski definition) is 3. The Morgan fingerprint density at radius 1 is 1.26 bits per heavy atom. The molecule has 0 bridgehead atoms. The maximum Gasteiger partial charge on any atom is 0.134 e. The molecular formula is C15H19ClN2O. The number of hydrogen-bond donors (Lipinski definition) is 1. The van der Waals surface area contributed by atoms with Crippen molar-refractivity contribution in [3.8, 4) is 5.75 Å². The van der Waals surface area contributed by atoms with Crippen LogP contribution in [-0.4, -0.2) is 24.0 Å². The number of fused-ring (bicyclic) bond motifs is 1. The number of anilines is 1. The molecule has 1 N–H and O–H groups in total. The average molecular weight is 279 g/mol. The Hall–Kier alpha value is -1.48. The van der Waals surface area contributed by atoms with Crippen molar-refractivity contribution < 1.29 is 4.74 Å². The first-order chi connectivity index (χ1) is 9.13. The number of nitrogens with zero attached hydrogens (tertiary/aromatic N) is 1. The van der Waals surface area contributed by atoms with Gasteiger partial charge in [-0.3, -0.25) is 0 Å². The summed E-state index contributed by atoms with van der Waals surface area (Å²) in [5.41, 5.74) is 0. The summed E-state index contributed by atoms with van der Waals surface area (Å²) in [6.45, 7) is 4.92. The molecule has 19 heavy (non-hydrogen) atoms. The van der Waals surface area contributed by atoms with Gasteiger partial charge in [-0.25, -0.2) is 4.98 Å². The lowest BCUT2D eigenvalue weighted by Crippen LogP contribution is -2.20. The van der Waals surface area contributed by atoms with Gasteiger partial charge in [0.25, 0.3) is 0 Å². The highest BCUT2D eigenvalue weighted by Gasteiger charge is 2.11. The highest BCUT2D eigenvalue weighted by Crippen LogP contribution is 2.29. The predicted molar refractivity (Wildman–Crippen MR) is 81.3 cm³/mol. The first-order valence-corrected chi connectivity index (χ1v) is 6.86. The van der Waals surface area contributed by atoms with Gasteiger partial charge in [0, 0.05) is 23.5 Å². The van der Waals surface area contributed by atoms with Crippen molar-refractivity contribution in [3.05, 3.63) is 30.5 Å². The summed E-state index contributed by atoms with van der Waals surface area (Å²) >= 11 is 6.26. The number of ether oxygens (including phenoxy) is 1. The molecule has 1 heterocycles. The highest BCUT2D eigenvalue weighted by atomic mass is 35.5. The summed E-state index contributed by atoms with van der Waals surface area (Å²) in [6.07, 6.45) is 1.78. The van der Waals surface area contributed by atoms with E-state index in [1.165, 1.54) is 0 Å². The first-order valence-electron chi connectivity index (χ1n) is 6.43. The van der Waals surface area contributed by atoms with E-state index in [-0.39, 0.29) is 5.38 Å². The third-order valence-electron chi connectivity index (χ3n) is 3.17. The zero-order chi connectivity index (χ0) is 13.8. The van der Waals surface area contributed by atoms with Crippen LogP contribution >= 0.6 is 11.6 Å². The van der Waals surface area contributed by atoms with Crippen molar-refractivity contribution in [1.29, 1.82) is 0 Å². The standard InChI is InChI=1S/C15H19ClN2O/c1-10(2)13(16)9-18-15-12-5-4-6-14(19-3)11(12)7-8-17-15/h4-8,10,13H,9H2,1-3H3,(H,17,18). The van der Waals surface area contributed by atoms with Gasteiger partial charge in [0.15, 0.2) is 0 Å². The van der Waals surface area contributed by atoms with E-state index in [4.69, 9.17) is 16.3 Å². The Balaban J connectivity index is 2.29. The Labute approximate surface area is 118 Å². The second-order valence-electron chi connectivity index (χ2n) is 4.86. The minimum Gasteiger partial charge on any atom is -0.496 e. The van der Waals surface area contributed by atoms with Crippen LogP contribution in [0.25, 0.3) is 10.8 Å². The minimum absolute atomic E-state index is 0.0858. The van der Waals surface area contributed by atoms with Crippen molar-refractivity contribution >= 4 is 28.2 Å². The van der Waals surface area contributed by atoms with Gasteiger partial charge in [-0.05, 0) is 18.1 Å². The van der Waals surface area contributed by atoms with Gasteiger partial charge in [0.1, 0.15) is 11.6 Å². The Morgan fingerprint density at radius 2 is 2.05 bits per heavy atom. The number of alkyl halides is 1. The number of pyridine rings is 1. The third kappa shape index (κ3) is 3.10. The van der Waals surface area contributed by atoms with Crippen LogP contribution in [0.15, 0.2) is 30.5 Å². The SMILES string of the molecule is COc1cccc2c(NCC(Cl)C(C)C)nccc12. The van der Waals surface area contributed by atoms with Crippen molar-refractivity contribution in [2.45, 2.75) is 19.2 Å². The molecular weight excluding hydrogens is 260 g/mol. The van der Waals surface area contributed by atoms with Gasteiger partial charge < -0.3 is 10.1 Å². The molecule has 3 nitrogen and oxygen atoms in total. The van der Waals surface area contributed by atoms with E-state index in [2.05, 4.69) is 24.1 Å². The second kappa shape index (κ2) is 6.11. The third-order valence-corrected chi connectivity index (χ3v) is 3.83. The second-order valence-corrected chi connectivity index (χ2v) is 5.42. The van der Waals surface area contributed by atoms with Crippen molar-refractivity contribution in [1.82, 2.24) is 4.98 Å². The zero-order valence-corrected chi connectivity index (χ0v) is 12.2. The van der Waals surface area contributed by atoms with Gasteiger partial charge >= 0.3 is 0 Å². The molecule has 0 amide bonds. The molecule has 1 aromatic heterocycles. The number of halogens is 1.